The third-order valence-electron chi connectivity index (χ3n) is 2.50. The molecule has 25 heavy (non-hydrogen) atoms. The number of aldehydes is 3. The largest absolute Gasteiger partial charge is 0.303 e. The molecule has 0 aromatic heterocycles. The minimum Gasteiger partial charge on any atom is -0.303 e. The monoisotopic (exact) mass is 402 g/mol. The minimum absolute atomic E-state index is 0.0235. The molecule has 0 spiro atoms. The molecule has 0 saturated heterocycles. The lowest BCUT2D eigenvalue weighted by Gasteiger charge is -1.92. The summed E-state index contributed by atoms with van der Waals surface area (Å²) in [5, 5.41) is 0.573. The highest BCUT2D eigenvalue weighted by Gasteiger charge is 1.98. The second-order valence-electron chi connectivity index (χ2n) is 4.41. The quantitative estimate of drug-likeness (QED) is 0.497. The third-order valence-corrected chi connectivity index (χ3v) is 3.67. The Morgan fingerprint density at radius 2 is 1.64 bits per heavy atom. The molecule has 7 heteroatoms. The average molecular weight is 403 g/mol. The van der Waals surface area contributed by atoms with E-state index in [9.17, 15) is 18.8 Å². The lowest BCUT2D eigenvalue weighted by atomic mass is 10.2. The van der Waals surface area contributed by atoms with Gasteiger partial charge in [0.25, 0.3) is 0 Å². The van der Waals surface area contributed by atoms with Crippen LogP contribution in [-0.4, -0.2) is 30.9 Å². The fraction of sp³-hybridized carbons (Fsp3) is 0.167. The van der Waals surface area contributed by atoms with Gasteiger partial charge in [0, 0.05) is 22.6 Å². The molecule has 0 N–H and O–H groups in total. The van der Waals surface area contributed by atoms with Gasteiger partial charge in [-0.1, -0.05) is 35.3 Å². The molecule has 134 valence electrons. The van der Waals surface area contributed by atoms with E-state index < -0.39 is 5.82 Å². The van der Waals surface area contributed by atoms with E-state index in [4.69, 9.17) is 23.2 Å². The van der Waals surface area contributed by atoms with Crippen LogP contribution in [0.25, 0.3) is 0 Å². The summed E-state index contributed by atoms with van der Waals surface area (Å²) in [4.78, 5) is 29.7. The summed E-state index contributed by atoms with van der Waals surface area (Å²) in [6.07, 6.45) is 5.01. The SMILES string of the molecule is CSCCC=O.O=Cc1ccc(F)c(Cl)c1.O=Cc1cccc(Cl)c1. The number of hydrogen-bond donors (Lipinski definition) is 0. The Morgan fingerprint density at radius 1 is 1.00 bits per heavy atom. The van der Waals surface area contributed by atoms with Crippen LogP contribution in [0.4, 0.5) is 4.39 Å². The lowest BCUT2D eigenvalue weighted by molar-refractivity contribution is -0.107. The number of benzene rings is 2. The molecule has 0 aliphatic rings. The van der Waals surface area contributed by atoms with E-state index in [0.29, 0.717) is 28.9 Å². The van der Waals surface area contributed by atoms with Crippen molar-refractivity contribution in [2.24, 2.45) is 0 Å². The normalized spacial score (nSPS) is 8.96. The summed E-state index contributed by atoms with van der Waals surface area (Å²) >= 11 is 12.6. The van der Waals surface area contributed by atoms with E-state index in [1.165, 1.54) is 12.1 Å². The second kappa shape index (κ2) is 14.6. The van der Waals surface area contributed by atoms with Gasteiger partial charge < -0.3 is 4.79 Å². The summed E-state index contributed by atoms with van der Waals surface area (Å²) in [5.41, 5.74) is 0.994. The Balaban J connectivity index is 0.000000358. The molecule has 0 aliphatic carbocycles. The zero-order chi connectivity index (χ0) is 19.1. The molecule has 2 aromatic carbocycles. The summed E-state index contributed by atoms with van der Waals surface area (Å²) in [6, 6.07) is 10.6. The molecule has 0 unspecified atom stereocenters. The van der Waals surface area contributed by atoms with Crippen molar-refractivity contribution in [3.63, 3.8) is 0 Å². The van der Waals surface area contributed by atoms with Gasteiger partial charge in [-0.2, -0.15) is 11.8 Å². The maximum Gasteiger partial charge on any atom is 0.150 e. The minimum atomic E-state index is -0.507. The summed E-state index contributed by atoms with van der Waals surface area (Å²) in [7, 11) is 0. The van der Waals surface area contributed by atoms with Crippen LogP contribution in [0.1, 0.15) is 27.1 Å². The van der Waals surface area contributed by atoms with E-state index in [1.54, 1.807) is 36.0 Å². The van der Waals surface area contributed by atoms with Gasteiger partial charge in [0.2, 0.25) is 0 Å². The highest BCUT2D eigenvalue weighted by molar-refractivity contribution is 7.98. The fourth-order valence-corrected chi connectivity index (χ4v) is 2.05. The molecule has 0 radical (unpaired) electrons. The first kappa shape index (κ1) is 23.3. The van der Waals surface area contributed by atoms with Crippen LogP contribution in [0.5, 0.6) is 0 Å². The number of carbonyl (C=O) groups is 3. The van der Waals surface area contributed by atoms with E-state index in [2.05, 4.69) is 0 Å². The first-order valence-electron chi connectivity index (χ1n) is 7.02. The molecular weight excluding hydrogens is 386 g/mol. The van der Waals surface area contributed by atoms with Crippen LogP contribution < -0.4 is 0 Å². The zero-order valence-electron chi connectivity index (χ0n) is 13.5. The smallest absolute Gasteiger partial charge is 0.150 e. The van der Waals surface area contributed by atoms with Gasteiger partial charge in [-0.25, -0.2) is 4.39 Å². The standard InChI is InChI=1S/C7H4ClFO.C7H5ClO.C4H8OS/c8-6-3-5(4-10)1-2-7(6)9;8-7-3-1-2-6(4-7)5-9;1-6-4-2-3-5/h1-4H;1-5H;3H,2,4H2,1H3. The topological polar surface area (TPSA) is 51.2 Å². The van der Waals surface area contributed by atoms with Crippen LogP contribution in [0, 0.1) is 5.82 Å². The first-order valence-corrected chi connectivity index (χ1v) is 9.17. The molecule has 2 aromatic rings. The predicted octanol–water partition coefficient (Wildman–Crippen LogP) is 5.38. The van der Waals surface area contributed by atoms with Crippen molar-refractivity contribution < 1.29 is 18.8 Å². The number of halogens is 3. The van der Waals surface area contributed by atoms with Crippen molar-refractivity contribution >= 4 is 53.8 Å². The van der Waals surface area contributed by atoms with Crippen LogP contribution >= 0.6 is 35.0 Å². The zero-order valence-corrected chi connectivity index (χ0v) is 15.8. The first-order chi connectivity index (χ1) is 12.0. The van der Waals surface area contributed by atoms with E-state index in [1.807, 2.05) is 6.26 Å². The molecular formula is C18H17Cl2FO3S. The number of carbonyl (C=O) groups excluding carboxylic acids is 3. The van der Waals surface area contributed by atoms with Crippen LogP contribution in [-0.2, 0) is 4.79 Å². The molecule has 0 amide bonds. The van der Waals surface area contributed by atoms with E-state index >= 15 is 0 Å². The maximum atomic E-state index is 12.4. The van der Waals surface area contributed by atoms with Gasteiger partial charge >= 0.3 is 0 Å². The van der Waals surface area contributed by atoms with Crippen LogP contribution in [0.2, 0.25) is 10.0 Å². The van der Waals surface area contributed by atoms with E-state index in [0.717, 1.165) is 24.4 Å². The summed E-state index contributed by atoms with van der Waals surface area (Å²) in [5.74, 6) is 0.455. The van der Waals surface area contributed by atoms with Crippen LogP contribution in [0.15, 0.2) is 42.5 Å². The molecule has 0 atom stereocenters. The van der Waals surface area contributed by atoms with Crippen molar-refractivity contribution in [1.29, 1.82) is 0 Å². The Kier molecular flexibility index (Phi) is 13.6. The van der Waals surface area contributed by atoms with Crippen molar-refractivity contribution in [3.8, 4) is 0 Å². The molecule has 2 rings (SSSR count). The van der Waals surface area contributed by atoms with Gasteiger partial charge in [-0.05, 0) is 42.3 Å². The van der Waals surface area contributed by atoms with Gasteiger partial charge in [-0.3, -0.25) is 9.59 Å². The van der Waals surface area contributed by atoms with Crippen molar-refractivity contribution in [3.05, 3.63) is 69.5 Å². The van der Waals surface area contributed by atoms with Gasteiger partial charge in [-0.15, -0.1) is 0 Å². The Labute approximate surface area is 160 Å². The molecule has 0 saturated carbocycles. The Bertz CT molecular complexity index is 681. The number of thioether (sulfide) groups is 1. The predicted molar refractivity (Wildman–Crippen MR) is 103 cm³/mol. The molecule has 3 nitrogen and oxygen atoms in total. The molecule has 0 fully saturated rings. The molecule has 0 bridgehead atoms. The summed E-state index contributed by atoms with van der Waals surface area (Å²) in [6.45, 7) is 0. The highest BCUT2D eigenvalue weighted by atomic mass is 35.5. The number of hydrogen-bond acceptors (Lipinski definition) is 4. The molecule has 0 heterocycles. The third kappa shape index (κ3) is 11.5. The van der Waals surface area contributed by atoms with E-state index in [-0.39, 0.29) is 5.02 Å². The Hall–Kier alpha value is -1.69. The van der Waals surface area contributed by atoms with Crippen molar-refractivity contribution in [2.45, 2.75) is 6.42 Å². The Morgan fingerprint density at radius 3 is 2.04 bits per heavy atom. The van der Waals surface area contributed by atoms with Crippen molar-refractivity contribution in [2.75, 3.05) is 12.0 Å². The van der Waals surface area contributed by atoms with Gasteiger partial charge in [0.15, 0.2) is 0 Å². The lowest BCUT2D eigenvalue weighted by Crippen LogP contribution is -1.81. The number of rotatable bonds is 5. The van der Waals surface area contributed by atoms with Gasteiger partial charge in [0.05, 0.1) is 5.02 Å². The second-order valence-corrected chi connectivity index (χ2v) is 6.24. The highest BCUT2D eigenvalue weighted by Crippen LogP contribution is 2.14. The maximum absolute atomic E-state index is 12.4. The summed E-state index contributed by atoms with van der Waals surface area (Å²) < 4.78 is 12.4. The fourth-order valence-electron chi connectivity index (χ4n) is 1.33. The van der Waals surface area contributed by atoms with Gasteiger partial charge in [0.1, 0.15) is 24.7 Å². The molecule has 0 aliphatic heterocycles. The van der Waals surface area contributed by atoms with Crippen molar-refractivity contribution in [1.82, 2.24) is 0 Å². The average Bonchev–Trinajstić information content (AvgIpc) is 2.63. The van der Waals surface area contributed by atoms with Crippen LogP contribution in [0.3, 0.4) is 0 Å².